The Labute approximate surface area is 191 Å². The lowest BCUT2D eigenvalue weighted by atomic mass is 9.89. The van der Waals surface area contributed by atoms with Crippen LogP contribution in [0.5, 0.6) is 0 Å². The van der Waals surface area contributed by atoms with Crippen molar-refractivity contribution in [3.8, 4) is 0 Å². The van der Waals surface area contributed by atoms with Crippen molar-refractivity contribution in [2.45, 2.75) is 70.2 Å². The minimum Gasteiger partial charge on any atom is -0.469 e. The van der Waals surface area contributed by atoms with Gasteiger partial charge >= 0.3 is 5.97 Å². The summed E-state index contributed by atoms with van der Waals surface area (Å²) in [5.74, 6) is -0.452. The lowest BCUT2D eigenvalue weighted by Crippen LogP contribution is -2.20. The number of ether oxygens (including phenoxy) is 1. The Morgan fingerprint density at radius 2 is 2.13 bits per heavy atom. The molecule has 30 heavy (non-hydrogen) atoms. The average Bonchev–Trinajstić information content (AvgIpc) is 3.17. The van der Waals surface area contributed by atoms with Gasteiger partial charge in [0, 0.05) is 33.0 Å². The minimum atomic E-state index is -0.600. The first-order valence-electron chi connectivity index (χ1n) is 10.5. The van der Waals surface area contributed by atoms with Crippen LogP contribution in [0.2, 0.25) is 0 Å². The molecule has 168 valence electrons. The normalized spacial score (nSPS) is 25.4. The van der Waals surface area contributed by atoms with Crippen molar-refractivity contribution in [1.29, 1.82) is 0 Å². The van der Waals surface area contributed by atoms with Gasteiger partial charge in [-0.3, -0.25) is 4.79 Å². The summed E-state index contributed by atoms with van der Waals surface area (Å²) in [6.45, 7) is 2.06. The molecule has 1 saturated carbocycles. The van der Waals surface area contributed by atoms with Crippen LogP contribution in [-0.4, -0.2) is 46.7 Å². The van der Waals surface area contributed by atoms with E-state index in [1.807, 2.05) is 18.2 Å². The van der Waals surface area contributed by atoms with Crippen molar-refractivity contribution in [2.75, 3.05) is 7.11 Å². The molecule has 0 bridgehead atoms. The van der Waals surface area contributed by atoms with Crippen molar-refractivity contribution in [3.63, 3.8) is 0 Å². The minimum absolute atomic E-state index is 0.0730. The Hall–Kier alpha value is -0.990. The number of halogens is 1. The highest BCUT2D eigenvalue weighted by Gasteiger charge is 2.39. The molecule has 0 spiro atoms. The van der Waals surface area contributed by atoms with Crippen LogP contribution in [0.1, 0.15) is 48.3 Å². The number of carbonyl (C=O) groups excluding carboxylic acids is 1. The van der Waals surface area contributed by atoms with E-state index in [1.54, 1.807) is 17.4 Å². The Balaban J connectivity index is 1.81. The third kappa shape index (κ3) is 7.93. The number of aliphatic hydroxyl groups is 3. The standard InChI is InChI=1S/C23H33BrO5S/c1-15-20(24)13-17(30-15)11-9-16(25)10-12-19-18(21(26)14-22(19)27)7-5-3-4-6-8-23(28)29-2/h3,5,10,12-13,16,18-19,21-22,25-27H,4,6-9,11,14H2,1-2H3/b5-3-,12-10+/t16-,18+,19+,21-,22+/m0/s1. The number of allylic oxidation sites excluding steroid dienone is 2. The van der Waals surface area contributed by atoms with Gasteiger partial charge < -0.3 is 20.1 Å². The van der Waals surface area contributed by atoms with Gasteiger partial charge in [0.15, 0.2) is 0 Å². The molecule has 0 unspecified atom stereocenters. The molecule has 0 amide bonds. The van der Waals surface area contributed by atoms with Gasteiger partial charge in [-0.15, -0.1) is 11.3 Å². The number of aliphatic hydroxyl groups excluding tert-OH is 3. The number of unbranched alkanes of at least 4 members (excludes halogenated alkanes) is 1. The Bertz CT molecular complexity index is 710. The number of rotatable bonds is 11. The highest BCUT2D eigenvalue weighted by molar-refractivity contribution is 9.10. The molecule has 7 heteroatoms. The van der Waals surface area contributed by atoms with E-state index in [0.29, 0.717) is 25.7 Å². The summed E-state index contributed by atoms with van der Waals surface area (Å²) in [4.78, 5) is 13.6. The van der Waals surface area contributed by atoms with E-state index in [1.165, 1.54) is 16.9 Å². The fraction of sp³-hybridized carbons (Fsp3) is 0.609. The molecule has 2 rings (SSSR count). The van der Waals surface area contributed by atoms with E-state index in [0.717, 1.165) is 23.7 Å². The number of carbonyl (C=O) groups is 1. The number of thiophene rings is 1. The zero-order valence-electron chi connectivity index (χ0n) is 17.7. The van der Waals surface area contributed by atoms with Crippen LogP contribution in [0.15, 0.2) is 34.8 Å². The molecule has 0 radical (unpaired) electrons. The van der Waals surface area contributed by atoms with Crippen molar-refractivity contribution >= 4 is 33.2 Å². The summed E-state index contributed by atoms with van der Waals surface area (Å²) in [5, 5.41) is 31.0. The molecule has 5 nitrogen and oxygen atoms in total. The van der Waals surface area contributed by atoms with Gasteiger partial charge in [0.25, 0.3) is 0 Å². The maximum absolute atomic E-state index is 11.1. The Kier molecular flexibility index (Phi) is 10.8. The van der Waals surface area contributed by atoms with E-state index < -0.39 is 18.3 Å². The monoisotopic (exact) mass is 500 g/mol. The third-order valence-electron chi connectivity index (χ3n) is 5.62. The van der Waals surface area contributed by atoms with Gasteiger partial charge in [-0.05, 0) is 66.9 Å². The fourth-order valence-corrected chi connectivity index (χ4v) is 5.44. The van der Waals surface area contributed by atoms with Crippen LogP contribution in [0, 0.1) is 18.8 Å². The zero-order valence-corrected chi connectivity index (χ0v) is 20.1. The van der Waals surface area contributed by atoms with Crippen molar-refractivity contribution in [3.05, 3.63) is 44.6 Å². The van der Waals surface area contributed by atoms with Crippen LogP contribution in [0.25, 0.3) is 0 Å². The summed E-state index contributed by atoms with van der Waals surface area (Å²) in [6.07, 6.45) is 10.3. The van der Waals surface area contributed by atoms with Gasteiger partial charge in [0.2, 0.25) is 0 Å². The Morgan fingerprint density at radius 3 is 2.80 bits per heavy atom. The largest absolute Gasteiger partial charge is 0.469 e. The van der Waals surface area contributed by atoms with Crippen LogP contribution >= 0.6 is 27.3 Å². The molecule has 0 aromatic carbocycles. The molecule has 0 aliphatic heterocycles. The topological polar surface area (TPSA) is 87.0 Å². The first kappa shape index (κ1) is 25.3. The van der Waals surface area contributed by atoms with Gasteiger partial charge in [-0.1, -0.05) is 24.3 Å². The van der Waals surface area contributed by atoms with Crippen LogP contribution in [0.4, 0.5) is 0 Å². The van der Waals surface area contributed by atoms with Crippen molar-refractivity contribution in [2.24, 2.45) is 11.8 Å². The molecule has 0 saturated heterocycles. The van der Waals surface area contributed by atoms with E-state index in [-0.39, 0.29) is 17.8 Å². The molecule has 1 aliphatic carbocycles. The predicted molar refractivity (Wildman–Crippen MR) is 123 cm³/mol. The molecule has 5 atom stereocenters. The van der Waals surface area contributed by atoms with E-state index >= 15 is 0 Å². The van der Waals surface area contributed by atoms with Crippen LogP contribution in [0.3, 0.4) is 0 Å². The second-order valence-electron chi connectivity index (χ2n) is 7.89. The first-order chi connectivity index (χ1) is 14.3. The van der Waals surface area contributed by atoms with Gasteiger partial charge in [0.05, 0.1) is 25.4 Å². The van der Waals surface area contributed by atoms with Crippen molar-refractivity contribution < 1.29 is 24.9 Å². The summed E-state index contributed by atoms with van der Waals surface area (Å²) in [6, 6.07) is 2.10. The first-order valence-corrected chi connectivity index (χ1v) is 12.1. The van der Waals surface area contributed by atoms with Gasteiger partial charge in [-0.2, -0.15) is 0 Å². The molecule has 1 aliphatic rings. The van der Waals surface area contributed by atoms with E-state index in [9.17, 15) is 20.1 Å². The quantitative estimate of drug-likeness (QED) is 0.239. The molecule has 1 heterocycles. The van der Waals surface area contributed by atoms with Gasteiger partial charge in [-0.25, -0.2) is 0 Å². The predicted octanol–water partition coefficient (Wildman–Crippen LogP) is 4.32. The summed E-state index contributed by atoms with van der Waals surface area (Å²) >= 11 is 5.25. The molecule has 1 aromatic rings. The van der Waals surface area contributed by atoms with Crippen LogP contribution < -0.4 is 0 Å². The maximum atomic E-state index is 11.1. The average molecular weight is 501 g/mol. The Morgan fingerprint density at radius 1 is 1.37 bits per heavy atom. The van der Waals surface area contributed by atoms with Crippen LogP contribution in [-0.2, 0) is 16.0 Å². The summed E-state index contributed by atoms with van der Waals surface area (Å²) < 4.78 is 5.73. The second kappa shape index (κ2) is 12.8. The summed E-state index contributed by atoms with van der Waals surface area (Å²) in [7, 11) is 1.39. The smallest absolute Gasteiger partial charge is 0.305 e. The molecule has 3 N–H and O–H groups in total. The highest BCUT2D eigenvalue weighted by Crippen LogP contribution is 2.36. The maximum Gasteiger partial charge on any atom is 0.305 e. The van der Waals surface area contributed by atoms with E-state index in [2.05, 4.69) is 33.7 Å². The molecule has 1 aromatic heterocycles. The SMILES string of the molecule is COC(=O)CCC/C=C\C[C@@H]1[C@@H](/C=C/[C@@H](O)CCc2cc(Br)c(C)s2)[C@H](O)C[C@@H]1O. The number of hydrogen-bond donors (Lipinski definition) is 3. The molecular formula is C23H33BrO5S. The fourth-order valence-electron chi connectivity index (χ4n) is 3.83. The number of hydrogen-bond acceptors (Lipinski definition) is 6. The van der Waals surface area contributed by atoms with E-state index in [4.69, 9.17) is 0 Å². The number of aryl methyl sites for hydroxylation is 2. The number of esters is 1. The molecular weight excluding hydrogens is 468 g/mol. The highest BCUT2D eigenvalue weighted by atomic mass is 79.9. The second-order valence-corrected chi connectivity index (χ2v) is 10.1. The zero-order chi connectivity index (χ0) is 22.1. The lowest BCUT2D eigenvalue weighted by Gasteiger charge is -2.19. The number of methoxy groups -OCH3 is 1. The van der Waals surface area contributed by atoms with Gasteiger partial charge in [0.1, 0.15) is 0 Å². The van der Waals surface area contributed by atoms with Crippen molar-refractivity contribution in [1.82, 2.24) is 0 Å². The third-order valence-corrected chi connectivity index (χ3v) is 7.82. The lowest BCUT2D eigenvalue weighted by molar-refractivity contribution is -0.140. The molecule has 1 fully saturated rings. The summed E-state index contributed by atoms with van der Waals surface area (Å²) in [5.41, 5.74) is 0.